The van der Waals surface area contributed by atoms with Crippen LogP contribution in [0.2, 0.25) is 0 Å². The minimum Gasteiger partial charge on any atom is -0.348 e. The average molecular weight is 493 g/mol. The monoisotopic (exact) mass is 492 g/mol. The molecule has 4 fully saturated rings. The van der Waals surface area contributed by atoms with Crippen molar-refractivity contribution in [2.45, 2.75) is 87.5 Å². The van der Waals surface area contributed by atoms with Crippen LogP contribution >= 0.6 is 0 Å². The lowest BCUT2D eigenvalue weighted by atomic mass is 9.83. The topological polar surface area (TPSA) is 55.9 Å². The van der Waals surface area contributed by atoms with E-state index in [2.05, 4.69) is 15.1 Å². The molecule has 1 saturated carbocycles. The van der Waals surface area contributed by atoms with Gasteiger partial charge in [0.05, 0.1) is 12.0 Å². The summed E-state index contributed by atoms with van der Waals surface area (Å²) in [6.45, 7) is 2.71. The molecule has 9 heteroatoms. The fourth-order valence-corrected chi connectivity index (χ4v) is 6.43. The molecule has 35 heavy (non-hydrogen) atoms. The molecule has 1 aromatic carbocycles. The number of carbonyl (C=O) groups excluding carboxylic acids is 2. The summed E-state index contributed by atoms with van der Waals surface area (Å²) in [6.07, 6.45) is 2.95. The van der Waals surface area contributed by atoms with Gasteiger partial charge in [-0.1, -0.05) is 12.1 Å². The first-order valence-corrected chi connectivity index (χ1v) is 12.8. The number of carbonyl (C=O) groups is 2. The third kappa shape index (κ3) is 5.21. The lowest BCUT2D eigenvalue weighted by Crippen LogP contribution is -2.56. The first kappa shape index (κ1) is 24.6. The van der Waals surface area contributed by atoms with E-state index in [4.69, 9.17) is 0 Å². The number of hydrogen-bond donors (Lipinski definition) is 1. The number of likely N-dealkylation sites (N-methyl/N-ethyl adjacent to an activating group) is 1. The molecule has 3 saturated heterocycles. The van der Waals surface area contributed by atoms with Crippen LogP contribution in [0.15, 0.2) is 24.3 Å². The van der Waals surface area contributed by atoms with Crippen LogP contribution in [0, 0.1) is 5.82 Å². The van der Waals surface area contributed by atoms with Crippen molar-refractivity contribution in [2.24, 2.45) is 0 Å². The SMILES string of the molecule is CN(C1CCC(F)(F)CC1)[C@H]1C[C@H]2C(=O)NC3(CCN(Cc4ccc(F)cc4)CC3)CC(=O)N2C1. The van der Waals surface area contributed by atoms with Crippen molar-refractivity contribution in [1.29, 1.82) is 0 Å². The maximum absolute atomic E-state index is 13.6. The van der Waals surface area contributed by atoms with Crippen molar-refractivity contribution in [3.63, 3.8) is 0 Å². The number of fused-ring (bicyclic) bond motifs is 1. The van der Waals surface area contributed by atoms with Crippen LogP contribution in [-0.4, -0.2) is 82.8 Å². The smallest absolute Gasteiger partial charge is 0.248 e. The second kappa shape index (κ2) is 9.39. The molecule has 2 atom stereocenters. The van der Waals surface area contributed by atoms with Crippen LogP contribution in [0.5, 0.6) is 0 Å². The molecule has 3 heterocycles. The molecule has 1 aliphatic carbocycles. The van der Waals surface area contributed by atoms with E-state index < -0.39 is 17.5 Å². The molecule has 192 valence electrons. The summed E-state index contributed by atoms with van der Waals surface area (Å²) in [4.78, 5) is 32.7. The van der Waals surface area contributed by atoms with Crippen molar-refractivity contribution in [3.8, 4) is 0 Å². The molecule has 0 radical (unpaired) electrons. The molecule has 5 rings (SSSR count). The Labute approximate surface area is 204 Å². The van der Waals surface area contributed by atoms with Crippen molar-refractivity contribution in [3.05, 3.63) is 35.6 Å². The normalized spacial score (nSPS) is 29.3. The number of piperidine rings is 1. The predicted octanol–water partition coefficient (Wildman–Crippen LogP) is 3.16. The van der Waals surface area contributed by atoms with Crippen LogP contribution in [0.4, 0.5) is 13.2 Å². The highest BCUT2D eigenvalue weighted by atomic mass is 19.3. The fraction of sp³-hybridized carbons (Fsp3) is 0.692. The molecule has 4 aliphatic rings. The zero-order valence-electron chi connectivity index (χ0n) is 20.3. The minimum absolute atomic E-state index is 0.00594. The van der Waals surface area contributed by atoms with E-state index in [0.717, 1.165) is 18.7 Å². The highest BCUT2D eigenvalue weighted by Crippen LogP contribution is 2.38. The Bertz CT molecular complexity index is 910. The van der Waals surface area contributed by atoms with Gasteiger partial charge in [-0.2, -0.15) is 0 Å². The van der Waals surface area contributed by atoms with Crippen molar-refractivity contribution < 1.29 is 22.8 Å². The standard InChI is InChI=1S/C26H35F3N4O2/c1-31(20-6-8-26(28,29)9-7-20)21-14-22-24(35)30-25(15-23(34)33(22)17-21)10-12-32(13-11-25)16-18-2-4-19(27)5-3-18/h2-5,20-22H,6-17H2,1H3,(H,30,35)/t21-,22-/m0/s1. The second-order valence-corrected chi connectivity index (χ2v) is 11.1. The summed E-state index contributed by atoms with van der Waals surface area (Å²) in [7, 11) is 1.95. The summed E-state index contributed by atoms with van der Waals surface area (Å²) in [5, 5.41) is 3.24. The van der Waals surface area contributed by atoms with Crippen LogP contribution < -0.4 is 5.32 Å². The number of halogens is 3. The number of likely N-dealkylation sites (tertiary alicyclic amines) is 1. The zero-order valence-corrected chi connectivity index (χ0v) is 20.3. The largest absolute Gasteiger partial charge is 0.348 e. The zero-order chi connectivity index (χ0) is 24.8. The van der Waals surface area contributed by atoms with E-state index in [-0.39, 0.29) is 42.6 Å². The highest BCUT2D eigenvalue weighted by molar-refractivity contribution is 5.92. The van der Waals surface area contributed by atoms with Gasteiger partial charge in [0.15, 0.2) is 0 Å². The first-order chi connectivity index (χ1) is 16.6. The van der Waals surface area contributed by atoms with E-state index in [1.807, 2.05) is 7.05 Å². The van der Waals surface area contributed by atoms with Gasteiger partial charge in [0.2, 0.25) is 17.7 Å². The summed E-state index contributed by atoms with van der Waals surface area (Å²) >= 11 is 0. The molecular weight excluding hydrogens is 457 g/mol. The van der Waals surface area contributed by atoms with Gasteiger partial charge in [-0.15, -0.1) is 0 Å². The van der Waals surface area contributed by atoms with Gasteiger partial charge >= 0.3 is 0 Å². The van der Waals surface area contributed by atoms with Crippen molar-refractivity contribution in [2.75, 3.05) is 26.7 Å². The van der Waals surface area contributed by atoms with Crippen molar-refractivity contribution in [1.82, 2.24) is 20.0 Å². The van der Waals surface area contributed by atoms with Gasteiger partial charge in [-0.05, 0) is 56.8 Å². The molecule has 0 bridgehead atoms. The molecule has 3 aliphatic heterocycles. The quantitative estimate of drug-likeness (QED) is 0.702. The van der Waals surface area contributed by atoms with E-state index in [1.165, 1.54) is 12.1 Å². The molecule has 0 unspecified atom stereocenters. The Morgan fingerprint density at radius 2 is 1.69 bits per heavy atom. The molecule has 1 aromatic rings. The van der Waals surface area contributed by atoms with Crippen LogP contribution in [0.1, 0.15) is 56.9 Å². The third-order valence-electron chi connectivity index (χ3n) is 8.75. The van der Waals surface area contributed by atoms with Gasteiger partial charge in [-0.25, -0.2) is 13.2 Å². The maximum Gasteiger partial charge on any atom is 0.248 e. The molecular formula is C26H35F3N4O2. The summed E-state index contributed by atoms with van der Waals surface area (Å²) in [5.41, 5.74) is 0.523. The van der Waals surface area contributed by atoms with Crippen LogP contribution in [0.25, 0.3) is 0 Å². The fourth-order valence-electron chi connectivity index (χ4n) is 6.43. The van der Waals surface area contributed by atoms with E-state index >= 15 is 0 Å². The lowest BCUT2D eigenvalue weighted by molar-refractivity contribution is -0.135. The molecule has 6 nitrogen and oxygen atoms in total. The van der Waals surface area contributed by atoms with Gasteiger partial charge in [0, 0.05) is 51.1 Å². The number of amides is 2. The first-order valence-electron chi connectivity index (χ1n) is 12.8. The van der Waals surface area contributed by atoms with Gasteiger partial charge in [-0.3, -0.25) is 19.4 Å². The Kier molecular flexibility index (Phi) is 6.59. The number of alkyl halides is 2. The third-order valence-corrected chi connectivity index (χ3v) is 8.75. The molecule has 2 amide bonds. The number of rotatable bonds is 4. The summed E-state index contributed by atoms with van der Waals surface area (Å²) < 4.78 is 40.4. The Morgan fingerprint density at radius 3 is 2.34 bits per heavy atom. The van der Waals surface area contributed by atoms with E-state index in [1.54, 1.807) is 17.0 Å². The number of nitrogens with one attached hydrogen (secondary N) is 1. The molecule has 0 aromatic heterocycles. The van der Waals surface area contributed by atoms with Gasteiger partial charge in [0.1, 0.15) is 11.9 Å². The van der Waals surface area contributed by atoms with E-state index in [9.17, 15) is 22.8 Å². The number of nitrogens with zero attached hydrogens (tertiary/aromatic N) is 3. The average Bonchev–Trinajstić information content (AvgIpc) is 3.24. The maximum atomic E-state index is 13.6. The number of hydrogen-bond acceptors (Lipinski definition) is 4. The van der Waals surface area contributed by atoms with Crippen LogP contribution in [0.3, 0.4) is 0 Å². The van der Waals surface area contributed by atoms with E-state index in [0.29, 0.717) is 51.6 Å². The number of benzene rings is 1. The Hall–Kier alpha value is -2.13. The van der Waals surface area contributed by atoms with Crippen molar-refractivity contribution >= 4 is 11.8 Å². The Balaban J connectivity index is 1.18. The highest BCUT2D eigenvalue weighted by Gasteiger charge is 2.50. The van der Waals surface area contributed by atoms with Crippen LogP contribution in [-0.2, 0) is 16.1 Å². The summed E-state index contributed by atoms with van der Waals surface area (Å²) in [6, 6.07) is 6.10. The minimum atomic E-state index is -2.57. The van der Waals surface area contributed by atoms with Gasteiger partial charge in [0.25, 0.3) is 0 Å². The molecule has 1 N–H and O–H groups in total. The summed E-state index contributed by atoms with van der Waals surface area (Å²) in [5.74, 6) is -2.90. The lowest BCUT2D eigenvalue weighted by Gasteiger charge is -2.41. The predicted molar refractivity (Wildman–Crippen MR) is 125 cm³/mol. The van der Waals surface area contributed by atoms with Gasteiger partial charge < -0.3 is 10.2 Å². The second-order valence-electron chi connectivity index (χ2n) is 11.1. The Morgan fingerprint density at radius 1 is 1.03 bits per heavy atom. The molecule has 1 spiro atoms.